The van der Waals surface area contributed by atoms with Gasteiger partial charge in [0, 0.05) is 17.0 Å². The van der Waals surface area contributed by atoms with E-state index in [0.717, 1.165) is 27.8 Å². The molecule has 0 N–H and O–H groups in total. The Morgan fingerprint density at radius 1 is 0.442 bits per heavy atom. The van der Waals surface area contributed by atoms with Gasteiger partial charge in [-0.1, -0.05) is 146 Å². The van der Waals surface area contributed by atoms with Crippen molar-refractivity contribution in [3.8, 4) is 39.5 Å². The second kappa shape index (κ2) is 12.9. The maximum Gasteiger partial charge on any atom is 0.647 e. The van der Waals surface area contributed by atoms with Crippen molar-refractivity contribution in [2.24, 2.45) is 0 Å². The molecule has 0 aliphatic rings. The van der Waals surface area contributed by atoms with E-state index < -0.39 is 7.82 Å². The standard InChI is InChI=1S/C38H31O4P/c1-29(30-15-5-2-6-16-30)31-25-27-34(28-26-31)40-43(39,41-37-23-13-11-21-35(37)32-17-7-3-8-18-32)42-38-24-14-12-22-36(38)33-19-9-4-10-20-33/h2-29H,1H3. The van der Waals surface area contributed by atoms with E-state index in [9.17, 15) is 4.57 Å². The van der Waals surface area contributed by atoms with Gasteiger partial charge in [-0.05, 0) is 46.5 Å². The van der Waals surface area contributed by atoms with Crippen molar-refractivity contribution in [2.45, 2.75) is 12.8 Å². The number of phosphoric acid groups is 1. The summed E-state index contributed by atoms with van der Waals surface area (Å²) in [4.78, 5) is 0. The van der Waals surface area contributed by atoms with E-state index in [2.05, 4.69) is 19.1 Å². The minimum atomic E-state index is -4.28. The van der Waals surface area contributed by atoms with Crippen molar-refractivity contribution >= 4 is 7.82 Å². The normalized spacial score (nSPS) is 11.8. The molecule has 43 heavy (non-hydrogen) atoms. The summed E-state index contributed by atoms with van der Waals surface area (Å²) in [7, 11) is -4.28. The average molecular weight is 583 g/mol. The zero-order chi connectivity index (χ0) is 29.5. The van der Waals surface area contributed by atoms with Gasteiger partial charge in [0.05, 0.1) is 0 Å². The zero-order valence-electron chi connectivity index (χ0n) is 23.7. The third kappa shape index (κ3) is 6.72. The zero-order valence-corrected chi connectivity index (χ0v) is 24.6. The number of rotatable bonds is 10. The van der Waals surface area contributed by atoms with Crippen molar-refractivity contribution in [1.29, 1.82) is 0 Å². The summed E-state index contributed by atoms with van der Waals surface area (Å²) in [5, 5.41) is 0. The molecule has 1 unspecified atom stereocenters. The number of benzene rings is 6. The molecule has 0 aliphatic heterocycles. The second-order valence-corrected chi connectivity index (χ2v) is 11.6. The fourth-order valence-electron chi connectivity index (χ4n) is 4.98. The van der Waals surface area contributed by atoms with Gasteiger partial charge in [-0.15, -0.1) is 0 Å². The first-order valence-electron chi connectivity index (χ1n) is 14.2. The van der Waals surface area contributed by atoms with E-state index >= 15 is 0 Å². The molecule has 0 aromatic heterocycles. The predicted octanol–water partition coefficient (Wildman–Crippen LogP) is 10.8. The molecule has 0 aliphatic carbocycles. The number of hydrogen-bond donors (Lipinski definition) is 0. The Bertz CT molecular complexity index is 1730. The van der Waals surface area contributed by atoms with Crippen LogP contribution in [0.15, 0.2) is 164 Å². The summed E-state index contributed by atoms with van der Waals surface area (Å²) in [6, 6.07) is 52.4. The first-order chi connectivity index (χ1) is 21.1. The number of phosphoric ester groups is 1. The lowest BCUT2D eigenvalue weighted by molar-refractivity contribution is 0.299. The molecule has 6 aromatic carbocycles. The van der Waals surface area contributed by atoms with Crippen LogP contribution in [0.4, 0.5) is 0 Å². The van der Waals surface area contributed by atoms with Crippen LogP contribution in [-0.4, -0.2) is 0 Å². The lowest BCUT2D eigenvalue weighted by Gasteiger charge is -2.22. The van der Waals surface area contributed by atoms with E-state index in [-0.39, 0.29) is 5.92 Å². The van der Waals surface area contributed by atoms with Crippen LogP contribution in [0.25, 0.3) is 22.3 Å². The Labute approximate surface area is 252 Å². The van der Waals surface area contributed by atoms with E-state index in [1.165, 1.54) is 5.56 Å². The Hall–Kier alpha value is -5.05. The highest BCUT2D eigenvalue weighted by atomic mass is 31.2. The lowest BCUT2D eigenvalue weighted by atomic mass is 9.93. The molecule has 0 radical (unpaired) electrons. The average Bonchev–Trinajstić information content (AvgIpc) is 3.06. The van der Waals surface area contributed by atoms with Crippen molar-refractivity contribution in [3.05, 3.63) is 175 Å². The van der Waals surface area contributed by atoms with Crippen LogP contribution in [0.5, 0.6) is 17.2 Å². The molecule has 1 atom stereocenters. The summed E-state index contributed by atoms with van der Waals surface area (Å²) >= 11 is 0. The summed E-state index contributed by atoms with van der Waals surface area (Å²) in [5.41, 5.74) is 5.72. The van der Waals surface area contributed by atoms with Gasteiger partial charge >= 0.3 is 7.82 Å². The molecular weight excluding hydrogens is 551 g/mol. The molecule has 0 bridgehead atoms. The topological polar surface area (TPSA) is 44.8 Å². The third-order valence-corrected chi connectivity index (χ3v) is 8.54. The van der Waals surface area contributed by atoms with Crippen molar-refractivity contribution in [2.75, 3.05) is 0 Å². The molecule has 212 valence electrons. The van der Waals surface area contributed by atoms with Gasteiger partial charge in [-0.25, -0.2) is 0 Å². The Morgan fingerprint density at radius 3 is 1.33 bits per heavy atom. The smallest absolute Gasteiger partial charge is 0.386 e. The Balaban J connectivity index is 1.36. The molecule has 0 spiro atoms. The number of para-hydroxylation sites is 2. The molecule has 5 heteroatoms. The van der Waals surface area contributed by atoms with Crippen LogP contribution in [0.3, 0.4) is 0 Å². The first-order valence-corrected chi connectivity index (χ1v) is 15.7. The van der Waals surface area contributed by atoms with Gasteiger partial charge in [0.2, 0.25) is 0 Å². The minimum absolute atomic E-state index is 0.185. The molecule has 0 amide bonds. The van der Waals surface area contributed by atoms with Gasteiger partial charge < -0.3 is 13.6 Å². The Kier molecular flexibility index (Phi) is 8.40. The first kappa shape index (κ1) is 28.1. The Morgan fingerprint density at radius 2 is 0.837 bits per heavy atom. The highest BCUT2D eigenvalue weighted by Gasteiger charge is 2.35. The van der Waals surface area contributed by atoms with Crippen LogP contribution >= 0.6 is 7.82 Å². The highest BCUT2D eigenvalue weighted by Crippen LogP contribution is 2.53. The van der Waals surface area contributed by atoms with E-state index in [4.69, 9.17) is 13.6 Å². The molecule has 6 rings (SSSR count). The fraction of sp³-hybridized carbons (Fsp3) is 0.0526. The van der Waals surface area contributed by atoms with Gasteiger partial charge in [-0.3, -0.25) is 0 Å². The quantitative estimate of drug-likeness (QED) is 0.151. The predicted molar refractivity (Wildman–Crippen MR) is 174 cm³/mol. The van der Waals surface area contributed by atoms with E-state index in [1.807, 2.05) is 127 Å². The van der Waals surface area contributed by atoms with Crippen LogP contribution in [0, 0.1) is 0 Å². The molecule has 0 saturated heterocycles. The summed E-state index contributed by atoms with van der Waals surface area (Å²) in [5.74, 6) is 1.35. The van der Waals surface area contributed by atoms with Crippen LogP contribution in [-0.2, 0) is 4.57 Å². The van der Waals surface area contributed by atoms with E-state index in [1.54, 1.807) is 24.3 Å². The molecule has 0 fully saturated rings. The summed E-state index contributed by atoms with van der Waals surface area (Å²) < 4.78 is 33.3. The largest absolute Gasteiger partial charge is 0.647 e. The van der Waals surface area contributed by atoms with Crippen LogP contribution in [0.2, 0.25) is 0 Å². The van der Waals surface area contributed by atoms with Gasteiger partial charge in [-0.2, -0.15) is 4.57 Å². The third-order valence-electron chi connectivity index (χ3n) is 7.26. The van der Waals surface area contributed by atoms with Crippen molar-refractivity contribution < 1.29 is 18.1 Å². The van der Waals surface area contributed by atoms with Crippen LogP contribution < -0.4 is 13.6 Å². The van der Waals surface area contributed by atoms with Crippen molar-refractivity contribution in [3.63, 3.8) is 0 Å². The summed E-state index contributed by atoms with van der Waals surface area (Å²) in [6.45, 7) is 2.16. The molecule has 4 nitrogen and oxygen atoms in total. The fourth-order valence-corrected chi connectivity index (χ4v) is 6.27. The summed E-state index contributed by atoms with van der Waals surface area (Å²) in [6.07, 6.45) is 0. The monoisotopic (exact) mass is 582 g/mol. The van der Waals surface area contributed by atoms with Crippen LogP contribution in [0.1, 0.15) is 24.0 Å². The van der Waals surface area contributed by atoms with Gasteiger partial charge in [0.25, 0.3) is 0 Å². The molecule has 0 heterocycles. The van der Waals surface area contributed by atoms with Gasteiger partial charge in [0.15, 0.2) is 0 Å². The maximum absolute atomic E-state index is 14.7. The maximum atomic E-state index is 14.7. The lowest BCUT2D eigenvalue weighted by Crippen LogP contribution is -2.09. The minimum Gasteiger partial charge on any atom is -0.386 e. The van der Waals surface area contributed by atoms with Gasteiger partial charge in [0.1, 0.15) is 17.2 Å². The van der Waals surface area contributed by atoms with Crippen molar-refractivity contribution in [1.82, 2.24) is 0 Å². The highest BCUT2D eigenvalue weighted by molar-refractivity contribution is 7.49. The number of hydrogen-bond acceptors (Lipinski definition) is 4. The molecule has 0 saturated carbocycles. The molecular formula is C38H31O4P. The molecule has 6 aromatic rings. The second-order valence-electron chi connectivity index (χ2n) is 10.1. The SMILES string of the molecule is CC(c1ccccc1)c1ccc(OP(=O)(Oc2ccccc2-c2ccccc2)Oc2ccccc2-c2ccccc2)cc1. The van der Waals surface area contributed by atoms with E-state index in [0.29, 0.717) is 17.2 Å².